The van der Waals surface area contributed by atoms with Gasteiger partial charge in [0.15, 0.2) is 11.6 Å². The van der Waals surface area contributed by atoms with E-state index in [1.807, 2.05) is 36.4 Å². The van der Waals surface area contributed by atoms with Gasteiger partial charge in [-0.25, -0.2) is 4.98 Å². The number of hydrogen-bond donors (Lipinski definition) is 1. The van der Waals surface area contributed by atoms with E-state index in [1.54, 1.807) is 41.6 Å². The van der Waals surface area contributed by atoms with Gasteiger partial charge in [0.25, 0.3) is 5.91 Å². The Hall–Kier alpha value is -3.71. The molecule has 0 bridgehead atoms. The topological polar surface area (TPSA) is 81.9 Å². The first-order valence-corrected chi connectivity index (χ1v) is 9.61. The van der Waals surface area contributed by atoms with E-state index in [2.05, 4.69) is 20.4 Å². The van der Waals surface area contributed by atoms with Gasteiger partial charge in [-0.3, -0.25) is 14.5 Å². The first-order valence-electron chi connectivity index (χ1n) is 9.23. The molecule has 0 saturated carbocycles. The van der Waals surface area contributed by atoms with E-state index in [4.69, 9.17) is 16.3 Å². The number of rotatable bonds is 7. The van der Waals surface area contributed by atoms with Crippen molar-refractivity contribution in [3.8, 4) is 5.75 Å². The van der Waals surface area contributed by atoms with Crippen LogP contribution in [0.2, 0.25) is 5.02 Å². The number of hydrogen-bond acceptors (Lipinski definition) is 5. The van der Waals surface area contributed by atoms with Crippen LogP contribution in [0.5, 0.6) is 5.75 Å². The number of carbonyl (C=O) groups excluding carboxylic acids is 1. The molecule has 30 heavy (non-hydrogen) atoms. The molecule has 0 spiro atoms. The summed E-state index contributed by atoms with van der Waals surface area (Å²) in [4.78, 5) is 20.9. The highest BCUT2D eigenvalue weighted by Crippen LogP contribution is 2.23. The minimum atomic E-state index is -0.326. The Morgan fingerprint density at radius 1 is 1.07 bits per heavy atom. The summed E-state index contributed by atoms with van der Waals surface area (Å²) in [6, 6.07) is 14.8. The highest BCUT2D eigenvalue weighted by molar-refractivity contribution is 6.31. The Kier molecular flexibility index (Phi) is 6.01. The maximum absolute atomic E-state index is 12.7. The summed E-state index contributed by atoms with van der Waals surface area (Å²) >= 11 is 6.20. The zero-order chi connectivity index (χ0) is 20.8. The normalized spacial score (nSPS) is 10.6. The molecule has 4 aromatic rings. The molecule has 1 amide bonds. The van der Waals surface area contributed by atoms with Gasteiger partial charge in [-0.2, -0.15) is 5.10 Å². The quantitative estimate of drug-likeness (QED) is 0.485. The third-order valence-corrected chi connectivity index (χ3v) is 4.70. The zero-order valence-corrected chi connectivity index (χ0v) is 16.7. The monoisotopic (exact) mass is 419 g/mol. The number of amides is 1. The molecule has 4 rings (SSSR count). The van der Waals surface area contributed by atoms with Crippen molar-refractivity contribution in [2.75, 3.05) is 5.32 Å². The molecule has 0 aliphatic carbocycles. The molecule has 0 fully saturated rings. The third kappa shape index (κ3) is 4.82. The van der Waals surface area contributed by atoms with E-state index in [9.17, 15) is 4.79 Å². The summed E-state index contributed by atoms with van der Waals surface area (Å²) in [6.07, 6.45) is 8.16. The summed E-state index contributed by atoms with van der Waals surface area (Å²) in [7, 11) is 0. The minimum Gasteiger partial charge on any atom is -0.485 e. The molecular formula is C22H18ClN5O2. The molecule has 0 aliphatic heterocycles. The molecule has 0 aliphatic rings. The summed E-state index contributed by atoms with van der Waals surface area (Å²) in [6.45, 7) is 0.809. The number of halogens is 1. The molecule has 1 aromatic carbocycles. The number of nitrogens with zero attached hydrogens (tertiary/aromatic N) is 4. The molecule has 0 unspecified atom stereocenters. The van der Waals surface area contributed by atoms with Gasteiger partial charge >= 0.3 is 0 Å². The maximum atomic E-state index is 12.7. The zero-order valence-electron chi connectivity index (χ0n) is 15.9. The fourth-order valence-electron chi connectivity index (χ4n) is 2.79. The first-order chi connectivity index (χ1) is 14.7. The molecule has 150 valence electrons. The van der Waals surface area contributed by atoms with Crippen LogP contribution in [0.4, 0.5) is 5.82 Å². The predicted molar refractivity (Wildman–Crippen MR) is 114 cm³/mol. The smallest absolute Gasteiger partial charge is 0.260 e. The second-order valence-electron chi connectivity index (χ2n) is 6.47. The van der Waals surface area contributed by atoms with Crippen LogP contribution >= 0.6 is 11.6 Å². The van der Waals surface area contributed by atoms with E-state index in [-0.39, 0.29) is 5.91 Å². The Balaban J connectivity index is 1.43. The lowest BCUT2D eigenvalue weighted by molar-refractivity contribution is 0.102. The average Bonchev–Trinajstić information content (AvgIpc) is 3.24. The van der Waals surface area contributed by atoms with Crippen LogP contribution in [0.1, 0.15) is 21.5 Å². The molecule has 0 saturated heterocycles. The molecule has 0 atom stereocenters. The molecular weight excluding hydrogens is 402 g/mol. The summed E-state index contributed by atoms with van der Waals surface area (Å²) in [5, 5.41) is 7.69. The van der Waals surface area contributed by atoms with Gasteiger partial charge in [0, 0.05) is 29.8 Å². The Morgan fingerprint density at radius 3 is 2.73 bits per heavy atom. The SMILES string of the molecule is O=C(Nc1ncccc1OCc1ccncc1)c1cnn(Cc2ccccc2Cl)c1. The van der Waals surface area contributed by atoms with E-state index < -0.39 is 0 Å². The lowest BCUT2D eigenvalue weighted by Gasteiger charge is -2.11. The maximum Gasteiger partial charge on any atom is 0.260 e. The van der Waals surface area contributed by atoms with Crippen molar-refractivity contribution < 1.29 is 9.53 Å². The number of anilines is 1. The number of nitrogens with one attached hydrogen (secondary N) is 1. The van der Waals surface area contributed by atoms with Gasteiger partial charge in [-0.15, -0.1) is 0 Å². The van der Waals surface area contributed by atoms with E-state index in [0.717, 1.165) is 11.1 Å². The van der Waals surface area contributed by atoms with Gasteiger partial charge < -0.3 is 10.1 Å². The Labute approximate surface area is 178 Å². The first kappa shape index (κ1) is 19.6. The fourth-order valence-corrected chi connectivity index (χ4v) is 2.98. The van der Waals surface area contributed by atoms with Crippen molar-refractivity contribution in [3.63, 3.8) is 0 Å². The van der Waals surface area contributed by atoms with E-state index >= 15 is 0 Å². The van der Waals surface area contributed by atoms with Crippen LogP contribution < -0.4 is 10.1 Å². The number of benzene rings is 1. The summed E-state index contributed by atoms with van der Waals surface area (Å²) < 4.78 is 7.48. The number of pyridine rings is 2. The van der Waals surface area contributed by atoms with E-state index in [1.165, 1.54) is 6.20 Å². The molecule has 0 radical (unpaired) electrons. The third-order valence-electron chi connectivity index (χ3n) is 4.33. The van der Waals surface area contributed by atoms with Crippen molar-refractivity contribution in [1.82, 2.24) is 19.7 Å². The average molecular weight is 420 g/mol. The summed E-state index contributed by atoms with van der Waals surface area (Å²) in [5.41, 5.74) is 2.30. The molecule has 3 aromatic heterocycles. The van der Waals surface area contributed by atoms with Crippen molar-refractivity contribution in [2.45, 2.75) is 13.2 Å². The molecule has 8 heteroatoms. The van der Waals surface area contributed by atoms with Gasteiger partial charge in [0.2, 0.25) is 0 Å². The fraction of sp³-hybridized carbons (Fsp3) is 0.0909. The number of carbonyl (C=O) groups is 1. The lowest BCUT2D eigenvalue weighted by Crippen LogP contribution is -2.13. The van der Waals surface area contributed by atoms with Gasteiger partial charge in [0.1, 0.15) is 6.61 Å². The Bertz CT molecular complexity index is 1150. The summed E-state index contributed by atoms with van der Waals surface area (Å²) in [5.74, 6) is 0.495. The van der Waals surface area contributed by atoms with Crippen molar-refractivity contribution in [1.29, 1.82) is 0 Å². The standard InChI is InChI=1S/C22H18ClN5O2/c23-19-5-2-1-4-17(19)13-28-14-18(12-26-28)22(29)27-21-20(6-3-9-25-21)30-15-16-7-10-24-11-8-16/h1-12,14H,13,15H2,(H,25,27,29). The number of ether oxygens (including phenoxy) is 1. The molecule has 1 N–H and O–H groups in total. The predicted octanol–water partition coefficient (Wildman–Crippen LogP) is 4.21. The number of aromatic nitrogens is 4. The van der Waals surface area contributed by atoms with E-state index in [0.29, 0.717) is 35.3 Å². The Morgan fingerprint density at radius 2 is 1.90 bits per heavy atom. The van der Waals surface area contributed by atoms with Crippen LogP contribution in [-0.4, -0.2) is 25.7 Å². The highest BCUT2D eigenvalue weighted by Gasteiger charge is 2.14. The molecule has 3 heterocycles. The van der Waals surface area contributed by atoms with Crippen LogP contribution in [-0.2, 0) is 13.2 Å². The van der Waals surface area contributed by atoms with Crippen LogP contribution in [0.25, 0.3) is 0 Å². The molecule has 7 nitrogen and oxygen atoms in total. The minimum absolute atomic E-state index is 0.326. The van der Waals surface area contributed by atoms with Gasteiger partial charge in [-0.05, 0) is 41.5 Å². The van der Waals surface area contributed by atoms with Gasteiger partial charge in [-0.1, -0.05) is 29.8 Å². The van der Waals surface area contributed by atoms with Crippen LogP contribution in [0.3, 0.4) is 0 Å². The second-order valence-corrected chi connectivity index (χ2v) is 6.87. The van der Waals surface area contributed by atoms with Crippen molar-refractivity contribution in [3.05, 3.63) is 101 Å². The largest absolute Gasteiger partial charge is 0.485 e. The lowest BCUT2D eigenvalue weighted by atomic mass is 10.2. The van der Waals surface area contributed by atoms with Crippen molar-refractivity contribution in [2.24, 2.45) is 0 Å². The second kappa shape index (κ2) is 9.19. The van der Waals surface area contributed by atoms with Crippen LogP contribution in [0, 0.1) is 0 Å². The van der Waals surface area contributed by atoms with Crippen LogP contribution in [0.15, 0.2) is 79.5 Å². The van der Waals surface area contributed by atoms with Crippen molar-refractivity contribution >= 4 is 23.3 Å². The highest BCUT2D eigenvalue weighted by atomic mass is 35.5. The van der Waals surface area contributed by atoms with Gasteiger partial charge in [0.05, 0.1) is 18.3 Å².